The number of fused-ring (bicyclic) bond motifs is 1. The Bertz CT molecular complexity index is 747. The van der Waals surface area contributed by atoms with E-state index in [1.165, 1.54) is 5.69 Å². The van der Waals surface area contributed by atoms with Gasteiger partial charge in [-0.15, -0.1) is 11.3 Å². The van der Waals surface area contributed by atoms with Crippen LogP contribution in [0, 0.1) is 0 Å². The van der Waals surface area contributed by atoms with Gasteiger partial charge in [0, 0.05) is 36.9 Å². The molecular weight excluding hydrogens is 302 g/mol. The van der Waals surface area contributed by atoms with Crippen molar-refractivity contribution in [2.24, 2.45) is 7.05 Å². The van der Waals surface area contributed by atoms with E-state index in [0.29, 0.717) is 0 Å². The summed E-state index contributed by atoms with van der Waals surface area (Å²) in [6, 6.07) is 0. The van der Waals surface area contributed by atoms with Gasteiger partial charge in [-0.1, -0.05) is 11.8 Å². The van der Waals surface area contributed by atoms with Crippen molar-refractivity contribution in [1.82, 2.24) is 24.5 Å². The molecule has 0 aliphatic heterocycles. The molecular formula is C14H19N5S2. The fourth-order valence-corrected chi connectivity index (χ4v) is 3.71. The van der Waals surface area contributed by atoms with E-state index in [-0.39, 0.29) is 5.54 Å². The lowest BCUT2D eigenvalue weighted by atomic mass is 10.1. The molecule has 0 spiro atoms. The van der Waals surface area contributed by atoms with Crippen LogP contribution in [-0.4, -0.2) is 24.7 Å². The van der Waals surface area contributed by atoms with Crippen molar-refractivity contribution in [3.05, 3.63) is 29.7 Å². The summed E-state index contributed by atoms with van der Waals surface area (Å²) in [6.07, 6.45) is 5.97. The molecule has 0 fully saturated rings. The van der Waals surface area contributed by atoms with Crippen molar-refractivity contribution >= 4 is 28.1 Å². The molecule has 0 amide bonds. The molecule has 112 valence electrons. The number of thiazole rings is 1. The van der Waals surface area contributed by atoms with Crippen molar-refractivity contribution in [2.75, 3.05) is 0 Å². The Kier molecular flexibility index (Phi) is 3.81. The lowest BCUT2D eigenvalue weighted by Crippen LogP contribution is -2.35. The van der Waals surface area contributed by atoms with Crippen LogP contribution >= 0.6 is 23.1 Å². The van der Waals surface area contributed by atoms with Crippen LogP contribution in [0.25, 0.3) is 4.96 Å². The van der Waals surface area contributed by atoms with Gasteiger partial charge in [-0.2, -0.15) is 5.10 Å². The number of rotatable bonds is 4. The second kappa shape index (κ2) is 5.47. The smallest absolute Gasteiger partial charge is 0.194 e. The highest BCUT2D eigenvalue weighted by atomic mass is 32.2. The SMILES string of the molecule is Cn1cc(Sc2nc3sccn3c2CNC(C)(C)C)cn1. The zero-order valence-corrected chi connectivity index (χ0v) is 14.3. The van der Waals surface area contributed by atoms with E-state index in [9.17, 15) is 0 Å². The van der Waals surface area contributed by atoms with Gasteiger partial charge < -0.3 is 5.32 Å². The van der Waals surface area contributed by atoms with Gasteiger partial charge in [-0.25, -0.2) is 4.98 Å². The van der Waals surface area contributed by atoms with Crippen molar-refractivity contribution in [3.63, 3.8) is 0 Å². The maximum absolute atomic E-state index is 4.75. The van der Waals surface area contributed by atoms with Crippen molar-refractivity contribution < 1.29 is 0 Å². The average Bonchev–Trinajstić information content (AvgIpc) is 3.03. The van der Waals surface area contributed by atoms with E-state index in [2.05, 4.69) is 47.2 Å². The van der Waals surface area contributed by atoms with Crippen LogP contribution in [-0.2, 0) is 13.6 Å². The first-order valence-electron chi connectivity index (χ1n) is 6.78. The number of hydrogen-bond acceptors (Lipinski definition) is 5. The Morgan fingerprint density at radius 1 is 1.38 bits per heavy atom. The molecule has 0 bridgehead atoms. The summed E-state index contributed by atoms with van der Waals surface area (Å²) in [5.41, 5.74) is 1.28. The molecule has 7 heteroatoms. The van der Waals surface area contributed by atoms with Gasteiger partial charge in [0.1, 0.15) is 5.03 Å². The Morgan fingerprint density at radius 3 is 2.86 bits per heavy atom. The number of aromatic nitrogens is 4. The third-order valence-corrected chi connectivity index (χ3v) is 4.73. The minimum absolute atomic E-state index is 0.0798. The predicted octanol–water partition coefficient (Wildman–Crippen LogP) is 3.17. The molecule has 0 saturated carbocycles. The molecule has 0 unspecified atom stereocenters. The maximum Gasteiger partial charge on any atom is 0.194 e. The molecule has 0 aliphatic carbocycles. The first-order chi connectivity index (χ1) is 9.92. The zero-order valence-electron chi connectivity index (χ0n) is 12.6. The molecule has 3 heterocycles. The Morgan fingerprint density at radius 2 is 2.19 bits per heavy atom. The Labute approximate surface area is 132 Å². The second-order valence-corrected chi connectivity index (χ2v) is 7.91. The Balaban J connectivity index is 1.91. The lowest BCUT2D eigenvalue weighted by molar-refractivity contribution is 0.418. The lowest BCUT2D eigenvalue weighted by Gasteiger charge is -2.20. The highest BCUT2D eigenvalue weighted by molar-refractivity contribution is 7.99. The number of aryl methyl sites for hydroxylation is 1. The van der Waals surface area contributed by atoms with E-state index >= 15 is 0 Å². The fourth-order valence-electron chi connectivity index (χ4n) is 1.97. The summed E-state index contributed by atoms with van der Waals surface area (Å²) in [4.78, 5) is 6.89. The van der Waals surface area contributed by atoms with E-state index in [1.54, 1.807) is 23.1 Å². The van der Waals surface area contributed by atoms with Crippen LogP contribution in [0.2, 0.25) is 0 Å². The topological polar surface area (TPSA) is 47.1 Å². The number of imidazole rings is 1. The molecule has 3 aromatic rings. The van der Waals surface area contributed by atoms with Gasteiger partial charge in [0.2, 0.25) is 0 Å². The molecule has 0 aromatic carbocycles. The minimum Gasteiger partial charge on any atom is -0.306 e. The molecule has 0 saturated heterocycles. The maximum atomic E-state index is 4.75. The monoisotopic (exact) mass is 321 g/mol. The molecule has 5 nitrogen and oxygen atoms in total. The minimum atomic E-state index is 0.0798. The summed E-state index contributed by atoms with van der Waals surface area (Å²) >= 11 is 3.33. The summed E-state index contributed by atoms with van der Waals surface area (Å²) in [6.45, 7) is 7.32. The van der Waals surface area contributed by atoms with Crippen LogP contribution in [0.5, 0.6) is 0 Å². The van der Waals surface area contributed by atoms with Gasteiger partial charge in [-0.3, -0.25) is 9.08 Å². The standard InChI is InChI=1S/C14H19N5S2/c1-14(2,3)15-8-11-12(17-13-19(11)5-6-20-13)21-10-7-16-18(4)9-10/h5-7,9,15H,8H2,1-4H3. The van der Waals surface area contributed by atoms with Crippen molar-refractivity contribution in [3.8, 4) is 0 Å². The highest BCUT2D eigenvalue weighted by Crippen LogP contribution is 2.31. The summed E-state index contributed by atoms with van der Waals surface area (Å²) < 4.78 is 3.98. The predicted molar refractivity (Wildman–Crippen MR) is 87.0 cm³/mol. The third-order valence-electron chi connectivity index (χ3n) is 3.01. The average molecular weight is 321 g/mol. The van der Waals surface area contributed by atoms with Gasteiger partial charge in [0.05, 0.1) is 16.8 Å². The third kappa shape index (κ3) is 3.30. The first-order valence-corrected chi connectivity index (χ1v) is 8.48. The quantitative estimate of drug-likeness (QED) is 0.802. The molecule has 3 rings (SSSR count). The van der Waals surface area contributed by atoms with E-state index in [4.69, 9.17) is 4.98 Å². The van der Waals surface area contributed by atoms with Crippen molar-refractivity contribution in [1.29, 1.82) is 0 Å². The fraction of sp³-hybridized carbons (Fsp3) is 0.429. The van der Waals surface area contributed by atoms with Crippen LogP contribution in [0.1, 0.15) is 26.5 Å². The summed E-state index contributed by atoms with van der Waals surface area (Å²) in [5, 5.41) is 10.9. The molecule has 1 N–H and O–H groups in total. The van der Waals surface area contributed by atoms with Crippen LogP contribution in [0.3, 0.4) is 0 Å². The molecule has 0 radical (unpaired) electrons. The highest BCUT2D eigenvalue weighted by Gasteiger charge is 2.17. The second-order valence-electron chi connectivity index (χ2n) is 5.97. The van der Waals surface area contributed by atoms with Crippen LogP contribution < -0.4 is 5.32 Å². The summed E-state index contributed by atoms with van der Waals surface area (Å²) in [7, 11) is 1.93. The molecule has 0 atom stereocenters. The van der Waals surface area contributed by atoms with Gasteiger partial charge >= 0.3 is 0 Å². The molecule has 0 aliphatic rings. The van der Waals surface area contributed by atoms with Crippen LogP contribution in [0.15, 0.2) is 33.9 Å². The number of nitrogens with zero attached hydrogens (tertiary/aromatic N) is 4. The first kappa shape index (κ1) is 14.6. The number of nitrogens with one attached hydrogen (secondary N) is 1. The molecule has 21 heavy (non-hydrogen) atoms. The van der Waals surface area contributed by atoms with E-state index in [1.807, 2.05) is 24.1 Å². The van der Waals surface area contributed by atoms with Gasteiger partial charge in [0.25, 0.3) is 0 Å². The Hall–Kier alpha value is -1.31. The van der Waals surface area contributed by atoms with Crippen molar-refractivity contribution in [2.45, 2.75) is 42.8 Å². The normalized spacial score (nSPS) is 12.4. The van der Waals surface area contributed by atoms with E-state index in [0.717, 1.165) is 21.4 Å². The van der Waals surface area contributed by atoms with Crippen LogP contribution in [0.4, 0.5) is 0 Å². The van der Waals surface area contributed by atoms with Gasteiger partial charge in [-0.05, 0) is 20.8 Å². The zero-order chi connectivity index (χ0) is 15.0. The van der Waals surface area contributed by atoms with E-state index < -0.39 is 0 Å². The summed E-state index contributed by atoms with van der Waals surface area (Å²) in [5.74, 6) is 0. The van der Waals surface area contributed by atoms with Gasteiger partial charge in [0.15, 0.2) is 4.96 Å². The molecule has 3 aromatic heterocycles. The number of hydrogen-bond donors (Lipinski definition) is 1. The largest absolute Gasteiger partial charge is 0.306 e.